The molecule has 0 spiro atoms. The largest absolute Gasteiger partial charge is 0.279 e. The van der Waals surface area contributed by atoms with Crippen molar-refractivity contribution in [3.63, 3.8) is 0 Å². The van der Waals surface area contributed by atoms with E-state index in [1.807, 2.05) is 5.51 Å². The van der Waals surface area contributed by atoms with E-state index in [0.717, 1.165) is 16.0 Å². The zero-order valence-corrected chi connectivity index (χ0v) is 7.27. The van der Waals surface area contributed by atoms with E-state index >= 15 is 0 Å². The molecule has 0 unspecified atom stereocenters. The van der Waals surface area contributed by atoms with Crippen molar-refractivity contribution in [2.24, 2.45) is 0 Å². The van der Waals surface area contributed by atoms with Gasteiger partial charge in [-0.3, -0.25) is 5.10 Å². The SMILES string of the molecule is CC(C)c1[nH]nc2scnc12. The topological polar surface area (TPSA) is 41.6 Å². The van der Waals surface area contributed by atoms with Crippen molar-refractivity contribution in [2.45, 2.75) is 19.8 Å². The van der Waals surface area contributed by atoms with Crippen LogP contribution in [0.15, 0.2) is 5.51 Å². The summed E-state index contributed by atoms with van der Waals surface area (Å²) in [6, 6.07) is 0. The number of hydrogen-bond donors (Lipinski definition) is 1. The van der Waals surface area contributed by atoms with Crippen LogP contribution >= 0.6 is 11.3 Å². The standard InChI is InChI=1S/C7H9N3S/c1-4(2)5-6-7(10-9-5)11-3-8-6/h3-4H,1-2H3,(H,9,10). The molecule has 0 aliphatic rings. The van der Waals surface area contributed by atoms with Crippen LogP contribution in [0.2, 0.25) is 0 Å². The van der Waals surface area contributed by atoms with E-state index in [2.05, 4.69) is 29.0 Å². The molecule has 2 aromatic rings. The highest BCUT2D eigenvalue weighted by Gasteiger charge is 2.09. The van der Waals surface area contributed by atoms with Gasteiger partial charge in [-0.25, -0.2) is 4.98 Å². The summed E-state index contributed by atoms with van der Waals surface area (Å²) < 4.78 is 0. The van der Waals surface area contributed by atoms with Gasteiger partial charge < -0.3 is 0 Å². The fraction of sp³-hybridized carbons (Fsp3) is 0.429. The van der Waals surface area contributed by atoms with Crippen LogP contribution in [-0.4, -0.2) is 15.2 Å². The van der Waals surface area contributed by atoms with Gasteiger partial charge in [0.2, 0.25) is 0 Å². The quantitative estimate of drug-likeness (QED) is 0.707. The highest BCUT2D eigenvalue weighted by Crippen LogP contribution is 2.23. The van der Waals surface area contributed by atoms with Gasteiger partial charge in [0, 0.05) is 0 Å². The second kappa shape index (κ2) is 2.30. The van der Waals surface area contributed by atoms with Crippen molar-refractivity contribution in [1.29, 1.82) is 0 Å². The smallest absolute Gasteiger partial charge is 0.165 e. The minimum Gasteiger partial charge on any atom is -0.279 e. The summed E-state index contributed by atoms with van der Waals surface area (Å²) in [5.74, 6) is 0.474. The zero-order chi connectivity index (χ0) is 7.84. The summed E-state index contributed by atoms with van der Waals surface area (Å²) in [6.45, 7) is 4.26. The van der Waals surface area contributed by atoms with E-state index in [-0.39, 0.29) is 0 Å². The molecule has 0 aromatic carbocycles. The Morgan fingerprint density at radius 2 is 2.36 bits per heavy atom. The third-order valence-corrected chi connectivity index (χ3v) is 2.38. The molecule has 0 aliphatic carbocycles. The van der Waals surface area contributed by atoms with Crippen molar-refractivity contribution >= 4 is 21.7 Å². The number of nitrogens with one attached hydrogen (secondary N) is 1. The normalized spacial score (nSPS) is 11.5. The van der Waals surface area contributed by atoms with Crippen LogP contribution in [0.1, 0.15) is 25.5 Å². The lowest BCUT2D eigenvalue weighted by Gasteiger charge is -1.97. The molecule has 0 amide bonds. The molecule has 2 heterocycles. The second-order valence-corrected chi connectivity index (χ2v) is 3.63. The minimum absolute atomic E-state index is 0.474. The molecule has 2 rings (SSSR count). The first-order chi connectivity index (χ1) is 5.29. The van der Waals surface area contributed by atoms with Crippen LogP contribution in [0.25, 0.3) is 10.3 Å². The maximum absolute atomic E-state index is 4.22. The third-order valence-electron chi connectivity index (χ3n) is 1.66. The summed E-state index contributed by atoms with van der Waals surface area (Å²) in [4.78, 5) is 5.23. The summed E-state index contributed by atoms with van der Waals surface area (Å²) in [5.41, 5.74) is 4.00. The van der Waals surface area contributed by atoms with Crippen molar-refractivity contribution in [1.82, 2.24) is 15.2 Å². The Morgan fingerprint density at radius 3 is 3.09 bits per heavy atom. The molecular formula is C7H9N3S. The van der Waals surface area contributed by atoms with Gasteiger partial charge in [-0.05, 0) is 5.92 Å². The summed E-state index contributed by atoms with van der Waals surface area (Å²) >= 11 is 1.57. The Kier molecular flexibility index (Phi) is 1.42. The van der Waals surface area contributed by atoms with E-state index in [1.165, 1.54) is 0 Å². The number of hydrogen-bond acceptors (Lipinski definition) is 3. The monoisotopic (exact) mass is 167 g/mol. The lowest BCUT2D eigenvalue weighted by molar-refractivity contribution is 0.815. The molecular weight excluding hydrogens is 158 g/mol. The molecule has 0 atom stereocenters. The van der Waals surface area contributed by atoms with Gasteiger partial charge >= 0.3 is 0 Å². The molecule has 1 N–H and O–H groups in total. The number of aromatic nitrogens is 3. The molecule has 0 saturated heterocycles. The second-order valence-electron chi connectivity index (χ2n) is 2.80. The van der Waals surface area contributed by atoms with Crippen molar-refractivity contribution in [3.05, 3.63) is 11.2 Å². The number of rotatable bonds is 1. The molecule has 0 aliphatic heterocycles. The van der Waals surface area contributed by atoms with E-state index in [4.69, 9.17) is 0 Å². The summed E-state index contributed by atoms with van der Waals surface area (Å²) in [6.07, 6.45) is 0. The van der Waals surface area contributed by atoms with Gasteiger partial charge in [0.05, 0.1) is 11.2 Å². The Bertz CT molecular complexity index is 360. The Balaban J connectivity index is 2.68. The van der Waals surface area contributed by atoms with E-state index in [1.54, 1.807) is 11.3 Å². The summed E-state index contributed by atoms with van der Waals surface area (Å²) in [7, 11) is 0. The predicted octanol–water partition coefficient (Wildman–Crippen LogP) is 2.14. The van der Waals surface area contributed by atoms with Crippen LogP contribution in [0.3, 0.4) is 0 Å². The minimum atomic E-state index is 0.474. The van der Waals surface area contributed by atoms with Gasteiger partial charge in [-0.1, -0.05) is 13.8 Å². The number of fused-ring (bicyclic) bond motifs is 1. The van der Waals surface area contributed by atoms with Crippen LogP contribution in [-0.2, 0) is 0 Å². The fourth-order valence-corrected chi connectivity index (χ4v) is 1.70. The molecule has 3 nitrogen and oxygen atoms in total. The fourth-order valence-electron chi connectivity index (χ4n) is 1.07. The molecule has 11 heavy (non-hydrogen) atoms. The van der Waals surface area contributed by atoms with Gasteiger partial charge in [0.25, 0.3) is 0 Å². The molecule has 2 aromatic heterocycles. The van der Waals surface area contributed by atoms with Crippen molar-refractivity contribution in [3.8, 4) is 0 Å². The first kappa shape index (κ1) is 6.79. The average Bonchev–Trinajstić information content (AvgIpc) is 2.41. The highest BCUT2D eigenvalue weighted by atomic mass is 32.1. The maximum atomic E-state index is 4.22. The van der Waals surface area contributed by atoms with Crippen LogP contribution in [0.5, 0.6) is 0 Å². The zero-order valence-electron chi connectivity index (χ0n) is 6.46. The summed E-state index contributed by atoms with van der Waals surface area (Å²) in [5, 5.41) is 7.12. The Morgan fingerprint density at radius 1 is 1.55 bits per heavy atom. The molecule has 0 fully saturated rings. The Labute approximate surface area is 68.5 Å². The van der Waals surface area contributed by atoms with Crippen molar-refractivity contribution in [2.75, 3.05) is 0 Å². The number of nitrogens with zero attached hydrogens (tertiary/aromatic N) is 2. The number of aromatic amines is 1. The first-order valence-electron chi connectivity index (χ1n) is 3.56. The van der Waals surface area contributed by atoms with E-state index < -0.39 is 0 Å². The Hall–Kier alpha value is -0.900. The molecule has 0 radical (unpaired) electrons. The van der Waals surface area contributed by atoms with Gasteiger partial charge in [0.15, 0.2) is 4.83 Å². The molecule has 0 bridgehead atoms. The van der Waals surface area contributed by atoms with Crippen molar-refractivity contribution < 1.29 is 0 Å². The van der Waals surface area contributed by atoms with Gasteiger partial charge in [0.1, 0.15) is 5.52 Å². The van der Waals surface area contributed by atoms with E-state index in [0.29, 0.717) is 5.92 Å². The lowest BCUT2D eigenvalue weighted by atomic mass is 10.1. The molecule has 0 saturated carbocycles. The number of thiazole rings is 1. The van der Waals surface area contributed by atoms with Gasteiger partial charge in [-0.2, -0.15) is 5.10 Å². The molecule has 4 heteroatoms. The van der Waals surface area contributed by atoms with E-state index in [9.17, 15) is 0 Å². The molecule has 58 valence electrons. The maximum Gasteiger partial charge on any atom is 0.165 e. The first-order valence-corrected chi connectivity index (χ1v) is 4.44. The van der Waals surface area contributed by atoms with Crippen LogP contribution < -0.4 is 0 Å². The van der Waals surface area contributed by atoms with Crippen LogP contribution in [0, 0.1) is 0 Å². The average molecular weight is 167 g/mol. The van der Waals surface area contributed by atoms with Gasteiger partial charge in [-0.15, -0.1) is 11.3 Å². The highest BCUT2D eigenvalue weighted by molar-refractivity contribution is 7.16. The predicted molar refractivity (Wildman–Crippen MR) is 45.9 cm³/mol. The number of H-pyrrole nitrogens is 1. The van der Waals surface area contributed by atoms with Crippen LogP contribution in [0.4, 0.5) is 0 Å². The third kappa shape index (κ3) is 0.939. The lowest BCUT2D eigenvalue weighted by Crippen LogP contribution is -1.87.